The van der Waals surface area contributed by atoms with Crippen molar-refractivity contribution in [3.05, 3.63) is 23.8 Å². The number of carbonyl (C=O) groups is 2. The molecule has 1 unspecified atom stereocenters. The summed E-state index contributed by atoms with van der Waals surface area (Å²) in [5.74, 6) is 1.79. The van der Waals surface area contributed by atoms with E-state index in [1.165, 1.54) is 0 Å². The molecule has 2 amide bonds. The van der Waals surface area contributed by atoms with Gasteiger partial charge in [-0.1, -0.05) is 6.92 Å². The van der Waals surface area contributed by atoms with E-state index in [1.54, 1.807) is 37.3 Å². The van der Waals surface area contributed by atoms with Crippen LogP contribution in [-0.2, 0) is 4.79 Å². The van der Waals surface area contributed by atoms with Gasteiger partial charge in [-0.2, -0.15) is 0 Å². The Hall–Kier alpha value is -1.99. The summed E-state index contributed by atoms with van der Waals surface area (Å²) in [5, 5.41) is 3.21. The van der Waals surface area contributed by atoms with Gasteiger partial charge < -0.3 is 24.6 Å². The Bertz CT molecular complexity index is 651. The second kappa shape index (κ2) is 9.28. The van der Waals surface area contributed by atoms with Crippen LogP contribution >= 0.6 is 12.4 Å². The van der Waals surface area contributed by atoms with E-state index >= 15 is 0 Å². The van der Waals surface area contributed by atoms with Crippen LogP contribution in [-0.4, -0.2) is 75.1 Å². The number of hydrogen-bond donors (Lipinski definition) is 1. The second-order valence-corrected chi connectivity index (χ2v) is 6.93. The van der Waals surface area contributed by atoms with Crippen LogP contribution < -0.4 is 14.8 Å². The third-order valence-electron chi connectivity index (χ3n) is 5.39. The molecule has 8 heteroatoms. The molecular weight excluding hydrogens is 370 g/mol. The molecule has 3 rings (SSSR count). The van der Waals surface area contributed by atoms with Crippen LogP contribution in [0.3, 0.4) is 0 Å². The third kappa shape index (κ3) is 4.65. The van der Waals surface area contributed by atoms with Crippen molar-refractivity contribution >= 4 is 24.2 Å². The summed E-state index contributed by atoms with van der Waals surface area (Å²) in [6, 6.07) is 5.17. The molecule has 2 aliphatic heterocycles. The van der Waals surface area contributed by atoms with Crippen LogP contribution in [0.25, 0.3) is 0 Å². The van der Waals surface area contributed by atoms with Crippen LogP contribution in [0.5, 0.6) is 11.5 Å². The fraction of sp³-hybridized carbons (Fsp3) is 0.579. The minimum atomic E-state index is -0.0643. The molecule has 0 bridgehead atoms. The first-order chi connectivity index (χ1) is 12.5. The van der Waals surface area contributed by atoms with Crippen molar-refractivity contribution in [3.63, 3.8) is 0 Å². The molecule has 7 nitrogen and oxygen atoms in total. The van der Waals surface area contributed by atoms with Gasteiger partial charge in [0.25, 0.3) is 5.91 Å². The molecule has 2 fully saturated rings. The van der Waals surface area contributed by atoms with Crippen LogP contribution in [0.1, 0.15) is 17.3 Å². The standard InChI is InChI=1S/C19H27N3O4.ClH/c1-13(15-11-20-12-15)18(23)21-4-6-22(7-5-21)19(24)14-8-16(25-2)10-17(9-14)26-3;/h8-10,13,15,20H,4-7,11-12H2,1-3H3;1H. The Morgan fingerprint density at radius 1 is 1.00 bits per heavy atom. The fourth-order valence-electron chi connectivity index (χ4n) is 3.40. The molecule has 0 saturated carbocycles. The molecule has 1 aromatic carbocycles. The zero-order valence-electron chi connectivity index (χ0n) is 16.1. The van der Waals surface area contributed by atoms with Gasteiger partial charge in [0.2, 0.25) is 5.91 Å². The highest BCUT2D eigenvalue weighted by molar-refractivity contribution is 5.95. The third-order valence-corrected chi connectivity index (χ3v) is 5.39. The lowest BCUT2D eigenvalue weighted by Crippen LogP contribution is -2.55. The van der Waals surface area contributed by atoms with Gasteiger partial charge in [0.05, 0.1) is 14.2 Å². The smallest absolute Gasteiger partial charge is 0.254 e. The van der Waals surface area contributed by atoms with Gasteiger partial charge in [0.15, 0.2) is 0 Å². The molecule has 2 heterocycles. The number of nitrogens with one attached hydrogen (secondary N) is 1. The lowest BCUT2D eigenvalue weighted by Gasteiger charge is -2.39. The first-order valence-electron chi connectivity index (χ1n) is 9.05. The van der Waals surface area contributed by atoms with Crippen molar-refractivity contribution in [2.24, 2.45) is 11.8 Å². The minimum Gasteiger partial charge on any atom is -0.497 e. The van der Waals surface area contributed by atoms with Crippen LogP contribution in [0.15, 0.2) is 18.2 Å². The van der Waals surface area contributed by atoms with Gasteiger partial charge in [-0.25, -0.2) is 0 Å². The number of carbonyl (C=O) groups excluding carboxylic acids is 2. The largest absolute Gasteiger partial charge is 0.497 e. The summed E-state index contributed by atoms with van der Waals surface area (Å²) in [7, 11) is 3.12. The van der Waals surface area contributed by atoms with Crippen molar-refractivity contribution < 1.29 is 19.1 Å². The molecule has 0 aromatic heterocycles. The molecule has 0 aliphatic carbocycles. The lowest BCUT2D eigenvalue weighted by molar-refractivity contribution is -0.138. The van der Waals surface area contributed by atoms with Crippen molar-refractivity contribution in [1.29, 1.82) is 0 Å². The Morgan fingerprint density at radius 3 is 1.96 bits per heavy atom. The quantitative estimate of drug-likeness (QED) is 0.810. The SMILES string of the molecule is COc1cc(OC)cc(C(=O)N2CCN(C(=O)C(C)C3CNC3)CC2)c1.Cl. The maximum absolute atomic E-state index is 12.8. The molecule has 2 aliphatic rings. The van der Waals surface area contributed by atoms with E-state index in [0.29, 0.717) is 49.2 Å². The van der Waals surface area contributed by atoms with E-state index in [2.05, 4.69) is 5.32 Å². The predicted molar refractivity (Wildman–Crippen MR) is 105 cm³/mol. The average molecular weight is 398 g/mol. The second-order valence-electron chi connectivity index (χ2n) is 6.93. The lowest BCUT2D eigenvalue weighted by atomic mass is 9.88. The summed E-state index contributed by atoms with van der Waals surface area (Å²) in [4.78, 5) is 29.1. The van der Waals surface area contributed by atoms with Crippen LogP contribution in [0, 0.1) is 11.8 Å². The molecule has 1 aromatic rings. The number of halogens is 1. The zero-order chi connectivity index (χ0) is 18.7. The Balaban J connectivity index is 0.00000261. The Labute approximate surface area is 166 Å². The summed E-state index contributed by atoms with van der Waals surface area (Å²) < 4.78 is 10.5. The zero-order valence-corrected chi connectivity index (χ0v) is 16.9. The van der Waals surface area contributed by atoms with Gasteiger partial charge in [0.1, 0.15) is 11.5 Å². The fourth-order valence-corrected chi connectivity index (χ4v) is 3.40. The van der Waals surface area contributed by atoms with E-state index in [-0.39, 0.29) is 30.1 Å². The van der Waals surface area contributed by atoms with Crippen LogP contribution in [0.2, 0.25) is 0 Å². The van der Waals surface area contributed by atoms with Crippen molar-refractivity contribution in [3.8, 4) is 11.5 Å². The molecule has 0 radical (unpaired) electrons. The van der Waals surface area contributed by atoms with Crippen molar-refractivity contribution in [2.45, 2.75) is 6.92 Å². The van der Waals surface area contributed by atoms with Gasteiger partial charge in [-0.3, -0.25) is 9.59 Å². The van der Waals surface area contributed by atoms with E-state index in [4.69, 9.17) is 9.47 Å². The van der Waals surface area contributed by atoms with Gasteiger partial charge in [-0.05, 0) is 31.1 Å². The molecule has 0 spiro atoms. The van der Waals surface area contributed by atoms with Crippen molar-refractivity contribution in [1.82, 2.24) is 15.1 Å². The van der Waals surface area contributed by atoms with E-state index in [0.717, 1.165) is 13.1 Å². The highest BCUT2D eigenvalue weighted by Gasteiger charge is 2.33. The maximum atomic E-state index is 12.8. The Morgan fingerprint density at radius 2 is 1.52 bits per heavy atom. The summed E-state index contributed by atoms with van der Waals surface area (Å²) in [6.07, 6.45) is 0. The van der Waals surface area contributed by atoms with E-state index < -0.39 is 0 Å². The minimum absolute atomic E-state index is 0. The van der Waals surface area contributed by atoms with Crippen LogP contribution in [0.4, 0.5) is 0 Å². The molecule has 1 atom stereocenters. The average Bonchev–Trinajstić information content (AvgIpc) is 2.65. The number of methoxy groups -OCH3 is 2. The first kappa shape index (κ1) is 21.3. The number of piperazine rings is 1. The highest BCUT2D eigenvalue weighted by Crippen LogP contribution is 2.24. The summed E-state index contributed by atoms with van der Waals surface area (Å²) >= 11 is 0. The van der Waals surface area contributed by atoms with E-state index in [1.807, 2.05) is 11.8 Å². The van der Waals surface area contributed by atoms with E-state index in [9.17, 15) is 9.59 Å². The topological polar surface area (TPSA) is 71.1 Å². The number of nitrogens with zero attached hydrogens (tertiary/aromatic N) is 2. The first-order valence-corrected chi connectivity index (χ1v) is 9.05. The number of amides is 2. The van der Waals surface area contributed by atoms with Crippen molar-refractivity contribution in [2.75, 3.05) is 53.5 Å². The molecule has 2 saturated heterocycles. The van der Waals surface area contributed by atoms with Gasteiger partial charge >= 0.3 is 0 Å². The maximum Gasteiger partial charge on any atom is 0.254 e. The summed E-state index contributed by atoms with van der Waals surface area (Å²) in [6.45, 7) is 6.09. The number of rotatable bonds is 5. The van der Waals surface area contributed by atoms with Gasteiger partial charge in [0, 0.05) is 43.7 Å². The molecule has 27 heavy (non-hydrogen) atoms. The highest BCUT2D eigenvalue weighted by atomic mass is 35.5. The summed E-state index contributed by atoms with van der Waals surface area (Å²) in [5.41, 5.74) is 0.537. The number of benzene rings is 1. The molecule has 1 N–H and O–H groups in total. The monoisotopic (exact) mass is 397 g/mol. The predicted octanol–water partition coefficient (Wildman–Crippen LogP) is 1.27. The number of ether oxygens (including phenoxy) is 2. The molecular formula is C19H28ClN3O4. The molecule has 150 valence electrons. The van der Waals surface area contributed by atoms with Gasteiger partial charge in [-0.15, -0.1) is 12.4 Å². The number of hydrogen-bond acceptors (Lipinski definition) is 5. The normalized spacial score (nSPS) is 18.2. The Kier molecular flexibility index (Phi) is 7.33.